The van der Waals surface area contributed by atoms with Crippen LogP contribution in [0.25, 0.3) is 10.9 Å². The molecule has 0 bridgehead atoms. The van der Waals surface area contributed by atoms with Gasteiger partial charge in [0, 0.05) is 23.2 Å². The first-order valence-corrected chi connectivity index (χ1v) is 7.12. The average molecular weight is 337 g/mol. The normalized spacial score (nSPS) is 10.2. The van der Waals surface area contributed by atoms with Crippen LogP contribution in [0.15, 0.2) is 42.5 Å². The second-order valence-corrected chi connectivity index (χ2v) is 4.98. The molecular weight excluding hydrogens is 326 g/mol. The van der Waals surface area contributed by atoms with E-state index in [0.717, 1.165) is 0 Å². The van der Waals surface area contributed by atoms with Crippen LogP contribution in [0, 0.1) is 21.4 Å². The van der Waals surface area contributed by atoms with Gasteiger partial charge in [-0.1, -0.05) is 0 Å². The maximum Gasteiger partial charge on any atom is 0.276 e. The molecule has 2 N–H and O–H groups in total. The number of nitro benzene ring substituents is 1. The van der Waals surface area contributed by atoms with Gasteiger partial charge in [0.25, 0.3) is 11.6 Å². The largest absolute Gasteiger partial charge is 0.479 e. The van der Waals surface area contributed by atoms with Gasteiger partial charge in [-0.2, -0.15) is 10.4 Å². The summed E-state index contributed by atoms with van der Waals surface area (Å²) >= 11 is 0. The number of nitrogens with zero attached hydrogens (tertiary/aromatic N) is 3. The van der Waals surface area contributed by atoms with Crippen molar-refractivity contribution in [2.24, 2.45) is 0 Å². The summed E-state index contributed by atoms with van der Waals surface area (Å²) in [5, 5.41) is 29.0. The van der Waals surface area contributed by atoms with Crippen molar-refractivity contribution in [2.45, 2.75) is 0 Å². The molecule has 0 fully saturated rings. The summed E-state index contributed by atoms with van der Waals surface area (Å²) in [4.78, 5) is 22.7. The summed E-state index contributed by atoms with van der Waals surface area (Å²) < 4.78 is 5.13. The molecule has 1 heterocycles. The fraction of sp³-hybridized carbons (Fsp3) is 0.0625. The van der Waals surface area contributed by atoms with E-state index in [2.05, 4.69) is 15.5 Å². The molecule has 0 radical (unpaired) electrons. The number of benzene rings is 2. The quantitative estimate of drug-likeness (QED) is 0.543. The monoisotopic (exact) mass is 337 g/mol. The summed E-state index contributed by atoms with van der Waals surface area (Å²) in [6, 6.07) is 12.4. The molecule has 0 atom stereocenters. The highest BCUT2D eigenvalue weighted by atomic mass is 16.6. The van der Waals surface area contributed by atoms with Gasteiger partial charge in [0.15, 0.2) is 12.3 Å². The van der Waals surface area contributed by atoms with Crippen LogP contribution in [0.1, 0.15) is 10.5 Å². The van der Waals surface area contributed by atoms with Gasteiger partial charge < -0.3 is 10.1 Å². The van der Waals surface area contributed by atoms with Crippen molar-refractivity contribution in [2.75, 3.05) is 11.9 Å². The minimum atomic E-state index is -0.534. The molecule has 1 amide bonds. The lowest BCUT2D eigenvalue weighted by atomic mass is 10.2. The first-order valence-electron chi connectivity index (χ1n) is 7.12. The Morgan fingerprint density at radius 1 is 1.32 bits per heavy atom. The van der Waals surface area contributed by atoms with Crippen LogP contribution in [0.3, 0.4) is 0 Å². The fourth-order valence-corrected chi connectivity index (χ4v) is 2.23. The van der Waals surface area contributed by atoms with Crippen molar-refractivity contribution < 1.29 is 14.5 Å². The standard InChI is InChI=1S/C16H11N5O4/c17-7-8-25-12-4-1-10(2-5-12)18-16(22)15-13-9-11(21(23)24)3-6-14(13)19-20-15/h1-6,9H,8H2,(H,18,22)(H,19,20). The number of amides is 1. The molecule has 0 unspecified atom stereocenters. The maximum absolute atomic E-state index is 12.4. The number of H-pyrrole nitrogens is 1. The van der Waals surface area contributed by atoms with E-state index in [1.807, 2.05) is 6.07 Å². The third-order valence-electron chi connectivity index (χ3n) is 3.39. The van der Waals surface area contributed by atoms with Gasteiger partial charge in [-0.3, -0.25) is 20.0 Å². The average Bonchev–Trinajstić information content (AvgIpc) is 3.04. The van der Waals surface area contributed by atoms with E-state index >= 15 is 0 Å². The van der Waals surface area contributed by atoms with Crippen LogP contribution >= 0.6 is 0 Å². The molecule has 0 saturated heterocycles. The number of carbonyl (C=O) groups is 1. The molecule has 9 heteroatoms. The van der Waals surface area contributed by atoms with Crippen molar-refractivity contribution in [1.82, 2.24) is 10.2 Å². The number of hydrogen-bond acceptors (Lipinski definition) is 6. The van der Waals surface area contributed by atoms with Crippen molar-refractivity contribution in [3.8, 4) is 11.8 Å². The van der Waals surface area contributed by atoms with Crippen LogP contribution in [-0.2, 0) is 0 Å². The third kappa shape index (κ3) is 3.37. The van der Waals surface area contributed by atoms with E-state index in [9.17, 15) is 14.9 Å². The highest BCUT2D eigenvalue weighted by molar-refractivity contribution is 6.11. The number of anilines is 1. The Kier molecular flexibility index (Phi) is 4.26. The predicted octanol–water partition coefficient (Wildman–Crippen LogP) is 2.63. The van der Waals surface area contributed by atoms with E-state index in [4.69, 9.17) is 10.00 Å². The van der Waals surface area contributed by atoms with Crippen molar-refractivity contribution >= 4 is 28.2 Å². The molecular formula is C16H11N5O4. The second kappa shape index (κ2) is 6.67. The van der Waals surface area contributed by atoms with Crippen molar-refractivity contribution in [1.29, 1.82) is 5.26 Å². The zero-order valence-corrected chi connectivity index (χ0v) is 12.7. The molecule has 0 aliphatic rings. The third-order valence-corrected chi connectivity index (χ3v) is 3.39. The Labute approximate surface area is 141 Å². The summed E-state index contributed by atoms with van der Waals surface area (Å²) in [5.74, 6) is -0.00201. The topological polar surface area (TPSA) is 134 Å². The van der Waals surface area contributed by atoms with E-state index in [-0.39, 0.29) is 18.0 Å². The minimum absolute atomic E-state index is 0.0588. The molecule has 0 saturated carbocycles. The van der Waals surface area contributed by atoms with E-state index < -0.39 is 10.8 Å². The molecule has 2 aromatic carbocycles. The van der Waals surface area contributed by atoms with Gasteiger partial charge in [-0.25, -0.2) is 0 Å². The molecule has 3 rings (SSSR count). The summed E-state index contributed by atoms with van der Waals surface area (Å²) in [6.45, 7) is -0.0657. The number of hydrogen-bond donors (Lipinski definition) is 2. The van der Waals surface area contributed by atoms with Crippen LogP contribution in [0.5, 0.6) is 5.75 Å². The van der Waals surface area contributed by atoms with E-state index in [0.29, 0.717) is 22.3 Å². The van der Waals surface area contributed by atoms with Gasteiger partial charge in [-0.05, 0) is 30.3 Å². The number of non-ortho nitro benzene ring substituents is 1. The van der Waals surface area contributed by atoms with Gasteiger partial charge in [0.05, 0.1) is 10.4 Å². The maximum atomic E-state index is 12.4. The number of carbonyl (C=O) groups excluding carboxylic acids is 1. The Morgan fingerprint density at radius 2 is 2.08 bits per heavy atom. The first-order chi connectivity index (χ1) is 12.1. The lowest BCUT2D eigenvalue weighted by molar-refractivity contribution is -0.384. The lowest BCUT2D eigenvalue weighted by Crippen LogP contribution is -2.12. The van der Waals surface area contributed by atoms with Gasteiger partial charge in [0.1, 0.15) is 11.8 Å². The molecule has 9 nitrogen and oxygen atoms in total. The summed E-state index contributed by atoms with van der Waals surface area (Å²) in [7, 11) is 0. The van der Waals surface area contributed by atoms with Crippen molar-refractivity contribution in [3.63, 3.8) is 0 Å². The summed E-state index contributed by atoms with van der Waals surface area (Å²) in [6.07, 6.45) is 0. The van der Waals surface area contributed by atoms with Gasteiger partial charge in [0.2, 0.25) is 0 Å². The number of aromatic nitrogens is 2. The predicted molar refractivity (Wildman–Crippen MR) is 88.3 cm³/mol. The zero-order valence-electron chi connectivity index (χ0n) is 12.7. The number of ether oxygens (including phenoxy) is 1. The Balaban J connectivity index is 1.81. The van der Waals surface area contributed by atoms with Crippen LogP contribution in [0.4, 0.5) is 11.4 Å². The van der Waals surface area contributed by atoms with Gasteiger partial charge >= 0.3 is 0 Å². The molecule has 0 aliphatic heterocycles. The van der Waals surface area contributed by atoms with E-state index in [1.54, 1.807) is 24.3 Å². The Bertz CT molecular complexity index is 988. The Morgan fingerprint density at radius 3 is 2.76 bits per heavy atom. The highest BCUT2D eigenvalue weighted by Crippen LogP contribution is 2.23. The van der Waals surface area contributed by atoms with Crippen LogP contribution in [0.2, 0.25) is 0 Å². The molecule has 124 valence electrons. The zero-order chi connectivity index (χ0) is 17.8. The second-order valence-electron chi connectivity index (χ2n) is 4.98. The number of nitrogens with one attached hydrogen (secondary N) is 2. The Hall–Kier alpha value is -3.93. The fourth-order valence-electron chi connectivity index (χ4n) is 2.23. The van der Waals surface area contributed by atoms with Gasteiger partial charge in [-0.15, -0.1) is 0 Å². The van der Waals surface area contributed by atoms with Crippen molar-refractivity contribution in [3.05, 3.63) is 58.3 Å². The smallest absolute Gasteiger partial charge is 0.276 e. The molecule has 3 aromatic rings. The number of nitriles is 1. The number of nitro groups is 1. The number of aromatic amines is 1. The molecule has 0 spiro atoms. The molecule has 0 aliphatic carbocycles. The summed E-state index contributed by atoms with van der Waals surface area (Å²) in [5.41, 5.74) is 0.956. The minimum Gasteiger partial charge on any atom is -0.479 e. The van der Waals surface area contributed by atoms with E-state index in [1.165, 1.54) is 18.2 Å². The van der Waals surface area contributed by atoms with Crippen LogP contribution < -0.4 is 10.1 Å². The SMILES string of the molecule is N#CCOc1ccc(NC(=O)c2n[nH]c3ccc([N+](=O)[O-])cc23)cc1. The first kappa shape index (κ1) is 15.9. The number of fused-ring (bicyclic) bond motifs is 1. The highest BCUT2D eigenvalue weighted by Gasteiger charge is 2.17. The molecule has 25 heavy (non-hydrogen) atoms. The van der Waals surface area contributed by atoms with Crippen LogP contribution in [-0.4, -0.2) is 27.6 Å². The lowest BCUT2D eigenvalue weighted by Gasteiger charge is -2.05. The molecule has 1 aromatic heterocycles. The number of rotatable bonds is 5.